The fraction of sp³-hybridized carbons (Fsp3) is 0.524. The highest BCUT2D eigenvalue weighted by Gasteiger charge is 2.46. The van der Waals surface area contributed by atoms with Crippen LogP contribution in [0.5, 0.6) is 0 Å². The number of carbonyl (C=O) groups excluding carboxylic acids is 2. The normalized spacial score (nSPS) is 19.4. The molecule has 0 radical (unpaired) electrons. The van der Waals surface area contributed by atoms with Gasteiger partial charge in [-0.05, 0) is 30.9 Å². The van der Waals surface area contributed by atoms with Crippen molar-refractivity contribution in [2.75, 3.05) is 25.4 Å². The summed E-state index contributed by atoms with van der Waals surface area (Å²) in [6.07, 6.45) is 8.00. The van der Waals surface area contributed by atoms with Crippen LogP contribution in [0.3, 0.4) is 0 Å². The van der Waals surface area contributed by atoms with Gasteiger partial charge in [-0.25, -0.2) is 0 Å². The van der Waals surface area contributed by atoms with Crippen molar-refractivity contribution >= 4 is 29.7 Å². The van der Waals surface area contributed by atoms with Gasteiger partial charge in [-0.15, -0.1) is 11.8 Å². The summed E-state index contributed by atoms with van der Waals surface area (Å²) in [7, 11) is 0. The van der Waals surface area contributed by atoms with Crippen LogP contribution in [0.4, 0.5) is 0 Å². The third-order valence-electron chi connectivity index (χ3n) is 5.30. The number of amides is 2. The number of nitrogens with zero attached hydrogens (tertiary/aromatic N) is 2. The fourth-order valence-corrected chi connectivity index (χ4v) is 5.21. The second-order valence-electron chi connectivity index (χ2n) is 7.01. The summed E-state index contributed by atoms with van der Waals surface area (Å²) >= 11 is 1.89. The van der Waals surface area contributed by atoms with Crippen molar-refractivity contribution in [3.05, 3.63) is 42.0 Å². The Kier molecular flexibility index (Phi) is 6.41. The smallest absolute Gasteiger partial charge is 0.247 e. The van der Waals surface area contributed by atoms with Crippen LogP contribution in [0, 0.1) is 0 Å². The van der Waals surface area contributed by atoms with E-state index in [9.17, 15) is 9.59 Å². The van der Waals surface area contributed by atoms with Crippen LogP contribution in [0.2, 0.25) is 0 Å². The molecule has 26 heavy (non-hydrogen) atoms. The number of thioether (sulfide) groups is 1. The lowest BCUT2D eigenvalue weighted by atomic mass is 10.0. The van der Waals surface area contributed by atoms with Gasteiger partial charge >= 0.3 is 0 Å². The fourth-order valence-electron chi connectivity index (χ4n) is 3.75. The first-order valence-corrected chi connectivity index (χ1v) is 10.6. The second-order valence-corrected chi connectivity index (χ2v) is 8.47. The molecule has 1 spiro atoms. The Hall–Kier alpha value is -1.75. The molecule has 140 valence electrons. The maximum atomic E-state index is 12.8. The number of carbonyl (C=O) groups is 2. The van der Waals surface area contributed by atoms with E-state index in [1.54, 1.807) is 6.08 Å². The number of likely N-dealkylation sites (tertiary alicyclic amines) is 1. The van der Waals surface area contributed by atoms with Gasteiger partial charge in [-0.3, -0.25) is 9.59 Å². The van der Waals surface area contributed by atoms with Crippen molar-refractivity contribution in [1.29, 1.82) is 0 Å². The Bertz CT molecular complexity index is 651. The molecule has 2 aliphatic rings. The van der Waals surface area contributed by atoms with E-state index in [4.69, 9.17) is 0 Å². The third kappa shape index (κ3) is 4.32. The summed E-state index contributed by atoms with van der Waals surface area (Å²) in [5, 5.41) is 0. The number of benzene rings is 1. The molecular formula is C21H28N2O2S. The zero-order valence-electron chi connectivity index (χ0n) is 15.5. The Labute approximate surface area is 160 Å². The van der Waals surface area contributed by atoms with Gasteiger partial charge in [-0.1, -0.05) is 43.7 Å². The van der Waals surface area contributed by atoms with E-state index in [2.05, 4.69) is 6.92 Å². The van der Waals surface area contributed by atoms with E-state index in [1.165, 1.54) is 0 Å². The Morgan fingerprint density at radius 2 is 1.88 bits per heavy atom. The SMILES string of the molecule is CCCCC(=O)N1CCC2(CC1)SCCN2C(=O)/C=C/c1ccccc1. The molecule has 0 bridgehead atoms. The monoisotopic (exact) mass is 372 g/mol. The summed E-state index contributed by atoms with van der Waals surface area (Å²) in [6.45, 7) is 4.44. The maximum absolute atomic E-state index is 12.8. The lowest BCUT2D eigenvalue weighted by Crippen LogP contribution is -2.53. The summed E-state index contributed by atoms with van der Waals surface area (Å²) < 4.78 is 0. The quantitative estimate of drug-likeness (QED) is 0.739. The van der Waals surface area contributed by atoms with Gasteiger partial charge in [0.05, 0.1) is 4.87 Å². The van der Waals surface area contributed by atoms with Crippen molar-refractivity contribution in [3.63, 3.8) is 0 Å². The van der Waals surface area contributed by atoms with Gasteiger partial charge in [0.1, 0.15) is 0 Å². The highest BCUT2D eigenvalue weighted by molar-refractivity contribution is 8.00. The maximum Gasteiger partial charge on any atom is 0.247 e. The van der Waals surface area contributed by atoms with Gasteiger partial charge < -0.3 is 9.80 Å². The minimum absolute atomic E-state index is 0.0876. The van der Waals surface area contributed by atoms with Crippen LogP contribution in [-0.4, -0.2) is 51.9 Å². The molecule has 0 unspecified atom stereocenters. The lowest BCUT2D eigenvalue weighted by Gasteiger charge is -2.43. The van der Waals surface area contributed by atoms with Gasteiger partial charge in [0, 0.05) is 37.9 Å². The molecule has 0 saturated carbocycles. The van der Waals surface area contributed by atoms with E-state index in [0.717, 1.165) is 56.6 Å². The minimum atomic E-state index is -0.125. The average Bonchev–Trinajstić information content (AvgIpc) is 3.08. The predicted octanol–water partition coefficient (Wildman–Crippen LogP) is 3.78. The third-order valence-corrected chi connectivity index (χ3v) is 6.86. The molecule has 0 aromatic heterocycles. The predicted molar refractivity (Wildman–Crippen MR) is 108 cm³/mol. The molecule has 0 N–H and O–H groups in total. The van der Waals surface area contributed by atoms with E-state index in [-0.39, 0.29) is 16.7 Å². The molecule has 5 heteroatoms. The number of piperidine rings is 1. The molecular weight excluding hydrogens is 344 g/mol. The average molecular weight is 373 g/mol. The molecule has 2 heterocycles. The van der Waals surface area contributed by atoms with Gasteiger partial charge in [0.25, 0.3) is 0 Å². The van der Waals surface area contributed by atoms with E-state index < -0.39 is 0 Å². The topological polar surface area (TPSA) is 40.6 Å². The summed E-state index contributed by atoms with van der Waals surface area (Å²) in [4.78, 5) is 29.0. The number of unbranched alkanes of at least 4 members (excludes halogenated alkanes) is 1. The molecule has 2 amide bonds. The molecule has 1 aromatic rings. The summed E-state index contributed by atoms with van der Waals surface area (Å²) in [5.41, 5.74) is 1.04. The standard InChI is InChI=1S/C21H28N2O2S/c1-2-3-9-19(24)22-14-12-21(13-15-22)23(16-17-26-21)20(25)11-10-18-7-5-4-6-8-18/h4-8,10-11H,2-3,9,12-17H2,1H3/b11-10+. The molecule has 3 rings (SSSR count). The van der Waals surface area contributed by atoms with Crippen LogP contribution in [0.15, 0.2) is 36.4 Å². The Morgan fingerprint density at radius 1 is 1.15 bits per heavy atom. The van der Waals surface area contributed by atoms with E-state index in [0.29, 0.717) is 6.42 Å². The molecule has 2 saturated heterocycles. The Balaban J connectivity index is 1.60. The largest absolute Gasteiger partial charge is 0.342 e. The van der Waals surface area contributed by atoms with Crippen molar-refractivity contribution in [2.24, 2.45) is 0 Å². The number of hydrogen-bond donors (Lipinski definition) is 0. The molecule has 2 aliphatic heterocycles. The summed E-state index contributed by atoms with van der Waals surface area (Å²) in [6, 6.07) is 9.92. The van der Waals surface area contributed by atoms with E-state index in [1.807, 2.05) is 58.0 Å². The molecule has 0 aliphatic carbocycles. The first-order chi connectivity index (χ1) is 12.6. The molecule has 4 nitrogen and oxygen atoms in total. The highest BCUT2D eigenvalue weighted by Crippen LogP contribution is 2.44. The minimum Gasteiger partial charge on any atom is -0.342 e. The molecule has 2 fully saturated rings. The van der Waals surface area contributed by atoms with Crippen LogP contribution < -0.4 is 0 Å². The zero-order chi connectivity index (χ0) is 18.4. The van der Waals surface area contributed by atoms with Crippen molar-refractivity contribution in [2.45, 2.75) is 43.9 Å². The van der Waals surface area contributed by atoms with Crippen molar-refractivity contribution < 1.29 is 9.59 Å². The Morgan fingerprint density at radius 3 is 2.58 bits per heavy atom. The van der Waals surface area contributed by atoms with Gasteiger partial charge in [0.2, 0.25) is 11.8 Å². The summed E-state index contributed by atoms with van der Waals surface area (Å²) in [5.74, 6) is 1.34. The van der Waals surface area contributed by atoms with Crippen LogP contribution in [0.25, 0.3) is 6.08 Å². The highest BCUT2D eigenvalue weighted by atomic mass is 32.2. The lowest BCUT2D eigenvalue weighted by molar-refractivity contribution is -0.134. The van der Waals surface area contributed by atoms with E-state index >= 15 is 0 Å². The second kappa shape index (κ2) is 8.76. The number of rotatable bonds is 5. The van der Waals surface area contributed by atoms with Gasteiger partial charge in [-0.2, -0.15) is 0 Å². The van der Waals surface area contributed by atoms with Crippen LogP contribution in [-0.2, 0) is 9.59 Å². The van der Waals surface area contributed by atoms with Crippen molar-refractivity contribution in [3.8, 4) is 0 Å². The number of hydrogen-bond acceptors (Lipinski definition) is 3. The van der Waals surface area contributed by atoms with Gasteiger partial charge in [0.15, 0.2) is 0 Å². The van der Waals surface area contributed by atoms with Crippen LogP contribution >= 0.6 is 11.8 Å². The van der Waals surface area contributed by atoms with Crippen LogP contribution in [0.1, 0.15) is 44.6 Å². The first kappa shape index (κ1) is 19.0. The van der Waals surface area contributed by atoms with Crippen molar-refractivity contribution in [1.82, 2.24) is 9.80 Å². The molecule has 0 atom stereocenters. The zero-order valence-corrected chi connectivity index (χ0v) is 16.3. The first-order valence-electron chi connectivity index (χ1n) is 9.61. The molecule has 1 aromatic carbocycles.